The van der Waals surface area contributed by atoms with Gasteiger partial charge in [-0.15, -0.1) is 0 Å². The zero-order chi connectivity index (χ0) is 20.3. The molecule has 0 aliphatic carbocycles. The summed E-state index contributed by atoms with van der Waals surface area (Å²) in [5.41, 5.74) is 0.484. The maximum absolute atomic E-state index is 12.8. The molecule has 0 atom stereocenters. The first-order valence-electron chi connectivity index (χ1n) is 8.46. The molecule has 1 heterocycles. The molecule has 1 amide bonds. The summed E-state index contributed by atoms with van der Waals surface area (Å²) in [5, 5.41) is 3.05. The SMILES string of the molecule is CCN(CC(=O)Nc1ccc2c(c1)OCCO2)S(=O)(=O)c1ccc(Cl)c(Cl)c1. The van der Waals surface area contributed by atoms with Crippen molar-refractivity contribution in [3.8, 4) is 11.5 Å². The Hall–Kier alpha value is -2.00. The van der Waals surface area contributed by atoms with Crippen molar-refractivity contribution in [2.45, 2.75) is 11.8 Å². The van der Waals surface area contributed by atoms with E-state index in [0.717, 1.165) is 4.31 Å². The van der Waals surface area contributed by atoms with Gasteiger partial charge in [0.15, 0.2) is 11.5 Å². The van der Waals surface area contributed by atoms with Gasteiger partial charge in [-0.1, -0.05) is 30.1 Å². The van der Waals surface area contributed by atoms with Crippen LogP contribution in [0, 0.1) is 0 Å². The molecule has 0 saturated carbocycles. The Morgan fingerprint density at radius 3 is 2.46 bits per heavy atom. The van der Waals surface area contributed by atoms with E-state index >= 15 is 0 Å². The molecule has 0 radical (unpaired) electrons. The number of likely N-dealkylation sites (N-methyl/N-ethyl adjacent to an activating group) is 1. The second kappa shape index (κ2) is 8.57. The summed E-state index contributed by atoms with van der Waals surface area (Å²) in [6.07, 6.45) is 0. The van der Waals surface area contributed by atoms with Gasteiger partial charge in [-0.25, -0.2) is 8.42 Å². The average Bonchev–Trinajstić information content (AvgIpc) is 2.67. The molecular formula is C18H18Cl2N2O5S. The number of ether oxygens (including phenoxy) is 2. The van der Waals surface area contributed by atoms with Crippen molar-refractivity contribution < 1.29 is 22.7 Å². The van der Waals surface area contributed by atoms with E-state index in [1.807, 2.05) is 0 Å². The Kier molecular flexibility index (Phi) is 6.34. The van der Waals surface area contributed by atoms with Crippen LogP contribution in [0.25, 0.3) is 0 Å². The number of carbonyl (C=O) groups excluding carboxylic acids is 1. The van der Waals surface area contributed by atoms with Crippen LogP contribution in [0.2, 0.25) is 10.0 Å². The predicted octanol–water partition coefficient (Wildman–Crippen LogP) is 3.41. The highest BCUT2D eigenvalue weighted by Gasteiger charge is 2.26. The fraction of sp³-hybridized carbons (Fsp3) is 0.278. The van der Waals surface area contributed by atoms with E-state index in [4.69, 9.17) is 32.7 Å². The first kappa shape index (κ1) is 20.7. The van der Waals surface area contributed by atoms with E-state index in [1.54, 1.807) is 25.1 Å². The van der Waals surface area contributed by atoms with Crippen LogP contribution in [-0.4, -0.2) is 44.9 Å². The number of sulfonamides is 1. The van der Waals surface area contributed by atoms with Crippen molar-refractivity contribution in [3.05, 3.63) is 46.4 Å². The molecule has 0 unspecified atom stereocenters. The molecule has 0 spiro atoms. The van der Waals surface area contributed by atoms with Gasteiger partial charge in [0.25, 0.3) is 0 Å². The lowest BCUT2D eigenvalue weighted by molar-refractivity contribution is -0.116. The van der Waals surface area contributed by atoms with E-state index in [9.17, 15) is 13.2 Å². The molecule has 0 saturated heterocycles. The summed E-state index contributed by atoms with van der Waals surface area (Å²) < 4.78 is 37.6. The lowest BCUT2D eigenvalue weighted by Crippen LogP contribution is -2.37. The van der Waals surface area contributed by atoms with Crippen LogP contribution in [0.15, 0.2) is 41.3 Å². The number of anilines is 1. The number of hydrogen-bond donors (Lipinski definition) is 1. The van der Waals surface area contributed by atoms with Crippen molar-refractivity contribution in [2.75, 3.05) is 31.6 Å². The third-order valence-electron chi connectivity index (χ3n) is 4.03. The number of hydrogen-bond acceptors (Lipinski definition) is 5. The number of carbonyl (C=O) groups is 1. The van der Waals surface area contributed by atoms with E-state index in [1.165, 1.54) is 18.2 Å². The van der Waals surface area contributed by atoms with Crippen molar-refractivity contribution in [1.29, 1.82) is 0 Å². The second-order valence-corrected chi connectivity index (χ2v) is 8.67. The van der Waals surface area contributed by atoms with Gasteiger partial charge in [0.05, 0.1) is 21.5 Å². The summed E-state index contributed by atoms with van der Waals surface area (Å²) in [4.78, 5) is 12.4. The van der Waals surface area contributed by atoms with Gasteiger partial charge >= 0.3 is 0 Å². The number of benzene rings is 2. The third kappa shape index (κ3) is 4.52. The molecule has 2 aromatic rings. The van der Waals surface area contributed by atoms with E-state index in [-0.39, 0.29) is 28.0 Å². The Bertz CT molecular complexity index is 997. The van der Waals surface area contributed by atoms with Gasteiger partial charge in [0.2, 0.25) is 15.9 Å². The zero-order valence-corrected chi connectivity index (χ0v) is 17.3. The summed E-state index contributed by atoms with van der Waals surface area (Å²) in [6, 6.07) is 9.00. The van der Waals surface area contributed by atoms with Gasteiger partial charge in [-0.3, -0.25) is 4.79 Å². The van der Waals surface area contributed by atoms with Crippen LogP contribution in [0.4, 0.5) is 5.69 Å². The number of rotatable bonds is 6. The van der Waals surface area contributed by atoms with Gasteiger partial charge in [-0.05, 0) is 30.3 Å². The van der Waals surface area contributed by atoms with Gasteiger partial charge in [0, 0.05) is 18.3 Å². The smallest absolute Gasteiger partial charge is 0.243 e. The van der Waals surface area contributed by atoms with Gasteiger partial charge < -0.3 is 14.8 Å². The second-order valence-electron chi connectivity index (χ2n) is 5.91. The highest BCUT2D eigenvalue weighted by atomic mass is 35.5. The highest BCUT2D eigenvalue weighted by Crippen LogP contribution is 2.32. The Balaban J connectivity index is 1.73. The normalized spacial score (nSPS) is 13.4. The maximum Gasteiger partial charge on any atom is 0.243 e. The Morgan fingerprint density at radius 2 is 1.79 bits per heavy atom. The number of fused-ring (bicyclic) bond motifs is 1. The lowest BCUT2D eigenvalue weighted by Gasteiger charge is -2.21. The fourth-order valence-electron chi connectivity index (χ4n) is 2.63. The number of nitrogens with zero attached hydrogens (tertiary/aromatic N) is 1. The zero-order valence-electron chi connectivity index (χ0n) is 14.9. The Morgan fingerprint density at radius 1 is 1.07 bits per heavy atom. The molecular weight excluding hydrogens is 427 g/mol. The monoisotopic (exact) mass is 444 g/mol. The molecule has 1 aliphatic heterocycles. The number of halogens is 2. The van der Waals surface area contributed by atoms with Gasteiger partial charge in [-0.2, -0.15) is 4.31 Å². The van der Waals surface area contributed by atoms with Crippen molar-refractivity contribution in [3.63, 3.8) is 0 Å². The standard InChI is InChI=1S/C18H18Cl2N2O5S/c1-2-22(28(24,25)13-4-5-14(19)15(20)10-13)11-18(23)21-12-3-6-16-17(9-12)27-8-7-26-16/h3-6,9-10H,2,7-8,11H2,1H3,(H,21,23). The Labute approximate surface area is 173 Å². The van der Waals surface area contributed by atoms with Crippen LogP contribution >= 0.6 is 23.2 Å². The maximum atomic E-state index is 12.8. The molecule has 0 aromatic heterocycles. The summed E-state index contributed by atoms with van der Waals surface area (Å²) in [6.45, 7) is 2.30. The summed E-state index contributed by atoms with van der Waals surface area (Å²) in [7, 11) is -3.91. The molecule has 0 bridgehead atoms. The first-order valence-corrected chi connectivity index (χ1v) is 10.7. The highest BCUT2D eigenvalue weighted by molar-refractivity contribution is 7.89. The molecule has 10 heteroatoms. The molecule has 0 fully saturated rings. The average molecular weight is 445 g/mol. The van der Waals surface area contributed by atoms with Crippen molar-refractivity contribution in [2.24, 2.45) is 0 Å². The van der Waals surface area contributed by atoms with Crippen molar-refractivity contribution >= 4 is 44.8 Å². The van der Waals surface area contributed by atoms with Crippen LogP contribution in [0.3, 0.4) is 0 Å². The van der Waals surface area contributed by atoms with Crippen LogP contribution in [-0.2, 0) is 14.8 Å². The summed E-state index contributed by atoms with van der Waals surface area (Å²) in [5.74, 6) is 0.642. The molecule has 7 nitrogen and oxygen atoms in total. The molecule has 150 valence electrons. The number of nitrogens with one attached hydrogen (secondary N) is 1. The minimum absolute atomic E-state index is 0.0316. The molecule has 28 heavy (non-hydrogen) atoms. The first-order chi connectivity index (χ1) is 13.3. The van der Waals surface area contributed by atoms with Crippen LogP contribution in [0.5, 0.6) is 11.5 Å². The fourth-order valence-corrected chi connectivity index (χ4v) is 4.43. The van der Waals surface area contributed by atoms with Gasteiger partial charge in [0.1, 0.15) is 13.2 Å². The minimum Gasteiger partial charge on any atom is -0.486 e. The topological polar surface area (TPSA) is 84.9 Å². The van der Waals surface area contributed by atoms with Crippen LogP contribution in [0.1, 0.15) is 6.92 Å². The van der Waals surface area contributed by atoms with E-state index in [0.29, 0.717) is 30.4 Å². The minimum atomic E-state index is -3.91. The molecule has 1 aliphatic rings. The number of amides is 1. The summed E-state index contributed by atoms with van der Waals surface area (Å²) >= 11 is 11.8. The van der Waals surface area contributed by atoms with E-state index < -0.39 is 15.9 Å². The lowest BCUT2D eigenvalue weighted by atomic mass is 10.2. The largest absolute Gasteiger partial charge is 0.486 e. The predicted molar refractivity (Wildman–Crippen MR) is 107 cm³/mol. The molecule has 3 rings (SSSR count). The quantitative estimate of drug-likeness (QED) is 0.737. The van der Waals surface area contributed by atoms with Crippen molar-refractivity contribution in [1.82, 2.24) is 4.31 Å². The third-order valence-corrected chi connectivity index (χ3v) is 6.68. The van der Waals surface area contributed by atoms with Crippen LogP contribution < -0.4 is 14.8 Å². The molecule has 1 N–H and O–H groups in total. The molecule has 2 aromatic carbocycles. The van der Waals surface area contributed by atoms with E-state index in [2.05, 4.69) is 5.32 Å².